The van der Waals surface area contributed by atoms with Crippen LogP contribution < -0.4 is 10.6 Å². The van der Waals surface area contributed by atoms with Crippen molar-refractivity contribution in [3.8, 4) is 0 Å². The lowest BCUT2D eigenvalue weighted by Crippen LogP contribution is -2.32. The van der Waals surface area contributed by atoms with Gasteiger partial charge in [0, 0.05) is 12.6 Å². The number of carbonyl (C=O) groups is 1. The molecule has 1 aliphatic carbocycles. The molecule has 1 aliphatic heterocycles. The Morgan fingerprint density at radius 3 is 2.77 bits per heavy atom. The summed E-state index contributed by atoms with van der Waals surface area (Å²) in [6, 6.07) is 0.637. The zero-order valence-electron chi connectivity index (χ0n) is 8.34. The normalized spacial score (nSPS) is 31.9. The molecule has 1 saturated carbocycles. The Morgan fingerprint density at radius 2 is 2.23 bits per heavy atom. The Morgan fingerprint density at radius 1 is 1.54 bits per heavy atom. The van der Waals surface area contributed by atoms with Crippen LogP contribution in [-0.4, -0.2) is 24.5 Å². The number of hydrogen-bond donors (Lipinski definition) is 2. The van der Waals surface area contributed by atoms with Crippen molar-refractivity contribution >= 4 is 5.91 Å². The van der Waals surface area contributed by atoms with Gasteiger partial charge >= 0.3 is 0 Å². The van der Waals surface area contributed by atoms with Crippen LogP contribution >= 0.6 is 0 Å². The average Bonchev–Trinajstić information content (AvgIpc) is 2.84. The van der Waals surface area contributed by atoms with Crippen LogP contribution in [0.5, 0.6) is 0 Å². The van der Waals surface area contributed by atoms with Crippen molar-refractivity contribution in [1.29, 1.82) is 0 Å². The third kappa shape index (κ3) is 2.21. The predicted molar refractivity (Wildman–Crippen MR) is 51.3 cm³/mol. The highest BCUT2D eigenvalue weighted by Gasteiger charge is 2.50. The summed E-state index contributed by atoms with van der Waals surface area (Å²) in [5, 5.41) is 6.20. The lowest BCUT2D eigenvalue weighted by atomic mass is 10.2. The van der Waals surface area contributed by atoms with Gasteiger partial charge < -0.3 is 5.32 Å². The second kappa shape index (κ2) is 3.29. The fraction of sp³-hybridized carbons (Fsp3) is 0.900. The zero-order chi connectivity index (χ0) is 9.42. The van der Waals surface area contributed by atoms with E-state index in [4.69, 9.17) is 0 Å². The summed E-state index contributed by atoms with van der Waals surface area (Å²) in [4.78, 5) is 11.5. The number of amides is 1. The van der Waals surface area contributed by atoms with Gasteiger partial charge in [-0.1, -0.05) is 13.8 Å². The smallest absolute Gasteiger partial charge is 0.238 e. The van der Waals surface area contributed by atoms with Crippen LogP contribution in [0.15, 0.2) is 0 Å². The first kappa shape index (κ1) is 9.00. The van der Waals surface area contributed by atoms with E-state index >= 15 is 0 Å². The summed E-state index contributed by atoms with van der Waals surface area (Å²) < 4.78 is 0. The average molecular weight is 182 g/mol. The number of hydrogen-bond acceptors (Lipinski definition) is 2. The monoisotopic (exact) mass is 182 g/mol. The number of carbonyl (C=O) groups excluding carboxylic acids is 1. The van der Waals surface area contributed by atoms with Crippen LogP contribution in [0.2, 0.25) is 0 Å². The highest BCUT2D eigenvalue weighted by atomic mass is 16.2. The molecular weight excluding hydrogens is 164 g/mol. The minimum absolute atomic E-state index is 0.131. The molecule has 0 spiro atoms. The highest BCUT2D eigenvalue weighted by molar-refractivity contribution is 5.85. The molecule has 0 bridgehead atoms. The predicted octanol–water partition coefficient (Wildman–Crippen LogP) is 0.509. The molecule has 3 nitrogen and oxygen atoms in total. The molecule has 1 heterocycles. The van der Waals surface area contributed by atoms with Gasteiger partial charge in [0.25, 0.3) is 0 Å². The standard InChI is InChI=1S/C10H18N2O/c1-6(2)5-11-10(13)9-8(12-9)7-3-4-7/h6-9,12H,3-5H2,1-2H3,(H,11,13)/t8-,9+/m0/s1. The van der Waals surface area contributed by atoms with Gasteiger partial charge in [0.1, 0.15) is 6.04 Å². The molecule has 2 atom stereocenters. The van der Waals surface area contributed by atoms with E-state index in [-0.39, 0.29) is 11.9 Å². The molecule has 2 fully saturated rings. The lowest BCUT2D eigenvalue weighted by molar-refractivity contribution is -0.120. The topological polar surface area (TPSA) is 51.0 Å². The van der Waals surface area contributed by atoms with E-state index in [1.165, 1.54) is 12.8 Å². The number of nitrogens with one attached hydrogen (secondary N) is 2. The summed E-state index contributed by atoms with van der Waals surface area (Å²) in [6.07, 6.45) is 2.62. The van der Waals surface area contributed by atoms with E-state index in [1.807, 2.05) is 0 Å². The minimum atomic E-state index is 0.131. The van der Waals surface area contributed by atoms with E-state index in [1.54, 1.807) is 0 Å². The molecule has 0 aromatic rings. The van der Waals surface area contributed by atoms with Crippen molar-refractivity contribution in [1.82, 2.24) is 10.6 Å². The maximum Gasteiger partial charge on any atom is 0.238 e. The summed E-state index contributed by atoms with van der Waals surface area (Å²) >= 11 is 0. The van der Waals surface area contributed by atoms with Crippen molar-refractivity contribution in [2.45, 2.75) is 38.8 Å². The molecule has 74 valence electrons. The minimum Gasteiger partial charge on any atom is -0.354 e. The Kier molecular flexibility index (Phi) is 2.28. The molecular formula is C10H18N2O. The van der Waals surface area contributed by atoms with E-state index in [2.05, 4.69) is 24.5 Å². The molecule has 0 aromatic carbocycles. The van der Waals surface area contributed by atoms with Crippen molar-refractivity contribution in [2.24, 2.45) is 11.8 Å². The third-order valence-corrected chi connectivity index (χ3v) is 2.72. The zero-order valence-corrected chi connectivity index (χ0v) is 8.34. The molecule has 0 radical (unpaired) electrons. The first-order valence-corrected chi connectivity index (χ1v) is 5.22. The van der Waals surface area contributed by atoms with Crippen LogP contribution in [0.3, 0.4) is 0 Å². The van der Waals surface area contributed by atoms with Crippen LogP contribution in [-0.2, 0) is 4.79 Å². The van der Waals surface area contributed by atoms with Gasteiger partial charge in [-0.15, -0.1) is 0 Å². The van der Waals surface area contributed by atoms with Crippen molar-refractivity contribution in [3.63, 3.8) is 0 Å². The Hall–Kier alpha value is -0.570. The van der Waals surface area contributed by atoms with Crippen molar-refractivity contribution in [2.75, 3.05) is 6.54 Å². The third-order valence-electron chi connectivity index (χ3n) is 2.72. The second-order valence-electron chi connectivity index (χ2n) is 4.65. The van der Waals surface area contributed by atoms with Gasteiger partial charge in [-0.25, -0.2) is 0 Å². The molecule has 2 aliphatic rings. The van der Waals surface area contributed by atoms with E-state index in [9.17, 15) is 4.79 Å². The van der Waals surface area contributed by atoms with Gasteiger partial charge in [0.15, 0.2) is 0 Å². The van der Waals surface area contributed by atoms with Gasteiger partial charge in [-0.2, -0.15) is 0 Å². The van der Waals surface area contributed by atoms with E-state index in [0.29, 0.717) is 12.0 Å². The summed E-state index contributed by atoms with van der Waals surface area (Å²) in [7, 11) is 0. The first-order valence-electron chi connectivity index (χ1n) is 5.22. The van der Waals surface area contributed by atoms with Gasteiger partial charge in [-0.05, 0) is 24.7 Å². The molecule has 13 heavy (non-hydrogen) atoms. The van der Waals surface area contributed by atoms with Crippen LogP contribution in [0.1, 0.15) is 26.7 Å². The van der Waals surface area contributed by atoms with Gasteiger partial charge in [0.05, 0.1) is 0 Å². The first-order chi connectivity index (χ1) is 6.18. The van der Waals surface area contributed by atoms with Crippen molar-refractivity contribution in [3.05, 3.63) is 0 Å². The Labute approximate surface area is 79.3 Å². The van der Waals surface area contributed by atoms with Gasteiger partial charge in [-0.3, -0.25) is 10.1 Å². The van der Waals surface area contributed by atoms with Crippen LogP contribution in [0.4, 0.5) is 0 Å². The maximum absolute atomic E-state index is 11.5. The van der Waals surface area contributed by atoms with Crippen molar-refractivity contribution < 1.29 is 4.79 Å². The molecule has 1 saturated heterocycles. The molecule has 2 rings (SSSR count). The molecule has 0 unspecified atom stereocenters. The van der Waals surface area contributed by atoms with Crippen LogP contribution in [0.25, 0.3) is 0 Å². The molecule has 2 N–H and O–H groups in total. The SMILES string of the molecule is CC(C)CNC(=O)[C@@H]1N[C@H]1C1CC1. The molecule has 3 heteroatoms. The molecule has 0 aromatic heterocycles. The van der Waals surface area contributed by atoms with Gasteiger partial charge in [0.2, 0.25) is 5.91 Å². The largest absolute Gasteiger partial charge is 0.354 e. The highest BCUT2D eigenvalue weighted by Crippen LogP contribution is 2.39. The lowest BCUT2D eigenvalue weighted by Gasteiger charge is -2.05. The Balaban J connectivity index is 1.67. The summed E-state index contributed by atoms with van der Waals surface area (Å²) in [5.74, 6) is 1.54. The maximum atomic E-state index is 11.5. The van der Waals surface area contributed by atoms with E-state index < -0.39 is 0 Å². The van der Waals surface area contributed by atoms with E-state index in [0.717, 1.165) is 12.5 Å². The second-order valence-corrected chi connectivity index (χ2v) is 4.65. The number of rotatable bonds is 4. The fourth-order valence-electron chi connectivity index (χ4n) is 1.67. The quantitative estimate of drug-likeness (QED) is 0.622. The van der Waals surface area contributed by atoms with Crippen LogP contribution in [0, 0.1) is 11.8 Å². The fourth-order valence-corrected chi connectivity index (χ4v) is 1.67. The summed E-state index contributed by atoms with van der Waals surface area (Å²) in [6.45, 7) is 5.02. The molecule has 1 amide bonds. The summed E-state index contributed by atoms with van der Waals surface area (Å²) in [5.41, 5.74) is 0. The Bertz CT molecular complexity index is 211.